The average Bonchev–Trinajstić information content (AvgIpc) is 3.19. The zero-order valence-corrected chi connectivity index (χ0v) is 15.1. The van der Waals surface area contributed by atoms with Crippen LogP contribution in [0.5, 0.6) is 0 Å². The predicted octanol–water partition coefficient (Wildman–Crippen LogP) is 1.28. The van der Waals surface area contributed by atoms with Crippen LogP contribution in [-0.2, 0) is 9.59 Å². The van der Waals surface area contributed by atoms with Crippen molar-refractivity contribution in [2.45, 2.75) is 19.4 Å². The molecule has 2 amide bonds. The number of nitrogens with one attached hydrogen (secondary N) is 1. The van der Waals surface area contributed by atoms with Crippen LogP contribution in [0.25, 0.3) is 5.69 Å². The van der Waals surface area contributed by atoms with Crippen LogP contribution in [0.2, 0.25) is 0 Å². The zero-order chi connectivity index (χ0) is 18.3. The number of benzene rings is 1. The van der Waals surface area contributed by atoms with Gasteiger partial charge in [-0.3, -0.25) is 9.59 Å². The van der Waals surface area contributed by atoms with E-state index in [0.29, 0.717) is 12.4 Å². The Labute approximate surface area is 152 Å². The Morgan fingerprint density at radius 1 is 1.19 bits per heavy atom. The first kappa shape index (κ1) is 16.8. The molecule has 136 valence electrons. The van der Waals surface area contributed by atoms with Crippen molar-refractivity contribution in [3.05, 3.63) is 42.1 Å². The number of carbonyl (C=O) groups excluding carboxylic acids is 2. The van der Waals surface area contributed by atoms with E-state index in [9.17, 15) is 9.59 Å². The maximum absolute atomic E-state index is 12.7. The van der Waals surface area contributed by atoms with Gasteiger partial charge in [0.15, 0.2) is 0 Å². The van der Waals surface area contributed by atoms with Crippen molar-refractivity contribution in [3.63, 3.8) is 0 Å². The summed E-state index contributed by atoms with van der Waals surface area (Å²) in [6.45, 7) is 4.29. The zero-order valence-electron chi connectivity index (χ0n) is 15.1. The predicted molar refractivity (Wildman–Crippen MR) is 98.0 cm³/mol. The standard InChI is InChI=1S/C19H23N5O2/c1-13-5-3-4-6-16(13)24-17(7-8-20-24)21-19(26)14-9-18(25)23(10-14)15-11-22(2)12-15/h3-8,14-15H,9-12H2,1-2H3,(H,21,26). The molecule has 0 bridgehead atoms. The summed E-state index contributed by atoms with van der Waals surface area (Å²) in [5.41, 5.74) is 2.00. The summed E-state index contributed by atoms with van der Waals surface area (Å²) < 4.78 is 1.72. The van der Waals surface area contributed by atoms with E-state index in [1.165, 1.54) is 0 Å². The fourth-order valence-electron chi connectivity index (χ4n) is 3.74. The first-order valence-electron chi connectivity index (χ1n) is 8.92. The molecular weight excluding hydrogens is 330 g/mol. The second-order valence-electron chi connectivity index (χ2n) is 7.23. The number of amides is 2. The normalized spacial score (nSPS) is 21.1. The summed E-state index contributed by atoms with van der Waals surface area (Å²) in [7, 11) is 2.04. The van der Waals surface area contributed by atoms with Crippen molar-refractivity contribution in [2.24, 2.45) is 5.92 Å². The summed E-state index contributed by atoms with van der Waals surface area (Å²) in [5, 5.41) is 7.29. The van der Waals surface area contributed by atoms with Gasteiger partial charge in [-0.05, 0) is 25.6 Å². The monoisotopic (exact) mass is 353 g/mol. The van der Waals surface area contributed by atoms with Crippen LogP contribution in [-0.4, -0.2) is 64.1 Å². The molecule has 1 N–H and O–H groups in total. The molecule has 2 fully saturated rings. The summed E-state index contributed by atoms with van der Waals surface area (Å²) in [6.07, 6.45) is 1.95. The molecule has 7 nitrogen and oxygen atoms in total. The lowest BCUT2D eigenvalue weighted by atomic mass is 10.1. The maximum atomic E-state index is 12.7. The number of likely N-dealkylation sites (tertiary alicyclic amines) is 2. The number of nitrogens with zero attached hydrogens (tertiary/aromatic N) is 4. The fourth-order valence-corrected chi connectivity index (χ4v) is 3.74. The van der Waals surface area contributed by atoms with Gasteiger partial charge < -0.3 is 15.1 Å². The lowest BCUT2D eigenvalue weighted by molar-refractivity contribution is -0.132. The highest BCUT2D eigenvalue weighted by atomic mass is 16.2. The van der Waals surface area contributed by atoms with Crippen LogP contribution < -0.4 is 5.32 Å². The Hall–Kier alpha value is -2.67. The quantitative estimate of drug-likeness (QED) is 0.899. The van der Waals surface area contributed by atoms with E-state index in [-0.39, 0.29) is 30.2 Å². The van der Waals surface area contributed by atoms with Gasteiger partial charge in [-0.1, -0.05) is 18.2 Å². The number of hydrogen-bond acceptors (Lipinski definition) is 4. The summed E-state index contributed by atoms with van der Waals surface area (Å²) in [6, 6.07) is 9.91. The molecule has 0 spiro atoms. The van der Waals surface area contributed by atoms with E-state index in [4.69, 9.17) is 0 Å². The molecule has 2 aliphatic rings. The minimum Gasteiger partial charge on any atom is -0.336 e. The highest BCUT2D eigenvalue weighted by molar-refractivity contribution is 5.97. The largest absolute Gasteiger partial charge is 0.336 e. The van der Waals surface area contributed by atoms with E-state index >= 15 is 0 Å². The number of anilines is 1. The van der Waals surface area contributed by atoms with Crippen LogP contribution in [0, 0.1) is 12.8 Å². The summed E-state index contributed by atoms with van der Waals surface area (Å²) in [4.78, 5) is 29.0. The Bertz CT molecular complexity index is 840. The Balaban J connectivity index is 1.46. The van der Waals surface area contributed by atoms with Gasteiger partial charge in [0, 0.05) is 32.1 Å². The molecule has 0 radical (unpaired) electrons. The van der Waals surface area contributed by atoms with Gasteiger partial charge in [-0.2, -0.15) is 5.10 Å². The van der Waals surface area contributed by atoms with Gasteiger partial charge in [-0.25, -0.2) is 4.68 Å². The molecule has 2 aliphatic heterocycles. The number of rotatable bonds is 4. The van der Waals surface area contributed by atoms with Gasteiger partial charge in [0.1, 0.15) is 5.82 Å². The maximum Gasteiger partial charge on any atom is 0.230 e. The van der Waals surface area contributed by atoms with Gasteiger partial charge in [-0.15, -0.1) is 0 Å². The molecule has 4 rings (SSSR count). The molecule has 1 aromatic carbocycles. The highest BCUT2D eigenvalue weighted by Crippen LogP contribution is 2.26. The first-order chi connectivity index (χ1) is 12.5. The van der Waals surface area contributed by atoms with E-state index in [2.05, 4.69) is 15.3 Å². The fraction of sp³-hybridized carbons (Fsp3) is 0.421. The molecule has 1 unspecified atom stereocenters. The first-order valence-corrected chi connectivity index (χ1v) is 8.92. The highest BCUT2D eigenvalue weighted by Gasteiger charge is 2.41. The van der Waals surface area contributed by atoms with Crippen molar-refractivity contribution >= 4 is 17.6 Å². The molecule has 1 aromatic heterocycles. The average molecular weight is 353 g/mol. The molecule has 26 heavy (non-hydrogen) atoms. The number of hydrogen-bond donors (Lipinski definition) is 1. The Kier molecular flexibility index (Phi) is 4.24. The van der Waals surface area contributed by atoms with Crippen molar-refractivity contribution in [1.82, 2.24) is 19.6 Å². The number of likely N-dealkylation sites (N-methyl/N-ethyl adjacent to an activating group) is 1. The second-order valence-corrected chi connectivity index (χ2v) is 7.23. The minimum atomic E-state index is -0.311. The molecule has 7 heteroatoms. The third-order valence-corrected chi connectivity index (χ3v) is 5.25. The molecule has 0 saturated carbocycles. The summed E-state index contributed by atoms with van der Waals surface area (Å²) >= 11 is 0. The molecule has 2 aromatic rings. The van der Waals surface area contributed by atoms with Crippen LogP contribution in [0.1, 0.15) is 12.0 Å². The van der Waals surface area contributed by atoms with Crippen molar-refractivity contribution in [2.75, 3.05) is 32.0 Å². The third kappa shape index (κ3) is 2.99. The third-order valence-electron chi connectivity index (χ3n) is 5.25. The molecule has 0 aliphatic carbocycles. The van der Waals surface area contributed by atoms with Crippen molar-refractivity contribution in [1.29, 1.82) is 0 Å². The van der Waals surface area contributed by atoms with Crippen LogP contribution in [0.15, 0.2) is 36.5 Å². The van der Waals surface area contributed by atoms with Gasteiger partial charge >= 0.3 is 0 Å². The molecule has 3 heterocycles. The minimum absolute atomic E-state index is 0.0793. The Morgan fingerprint density at radius 3 is 2.69 bits per heavy atom. The van der Waals surface area contributed by atoms with E-state index < -0.39 is 0 Å². The number of aromatic nitrogens is 2. The second kappa shape index (κ2) is 6.57. The smallest absolute Gasteiger partial charge is 0.230 e. The van der Waals surface area contributed by atoms with E-state index in [1.807, 2.05) is 43.1 Å². The molecular formula is C19H23N5O2. The van der Waals surface area contributed by atoms with E-state index in [1.54, 1.807) is 16.9 Å². The lowest BCUT2D eigenvalue weighted by Gasteiger charge is -2.42. The van der Waals surface area contributed by atoms with E-state index in [0.717, 1.165) is 24.3 Å². The van der Waals surface area contributed by atoms with Gasteiger partial charge in [0.05, 0.1) is 23.8 Å². The molecule has 2 saturated heterocycles. The SMILES string of the molecule is Cc1ccccc1-n1nccc1NC(=O)C1CC(=O)N(C2CN(C)C2)C1. The van der Waals surface area contributed by atoms with Crippen LogP contribution >= 0.6 is 0 Å². The Morgan fingerprint density at radius 2 is 1.96 bits per heavy atom. The van der Waals surface area contributed by atoms with Crippen LogP contribution in [0.3, 0.4) is 0 Å². The van der Waals surface area contributed by atoms with Crippen LogP contribution in [0.4, 0.5) is 5.82 Å². The number of aryl methyl sites for hydroxylation is 1. The summed E-state index contributed by atoms with van der Waals surface area (Å²) in [5.74, 6) is 0.270. The number of carbonyl (C=O) groups is 2. The molecule has 1 atom stereocenters. The van der Waals surface area contributed by atoms with Gasteiger partial charge in [0.2, 0.25) is 11.8 Å². The van der Waals surface area contributed by atoms with Crippen molar-refractivity contribution in [3.8, 4) is 5.69 Å². The number of para-hydroxylation sites is 1. The van der Waals surface area contributed by atoms with Gasteiger partial charge in [0.25, 0.3) is 0 Å². The topological polar surface area (TPSA) is 70.5 Å². The lowest BCUT2D eigenvalue weighted by Crippen LogP contribution is -2.58. The van der Waals surface area contributed by atoms with Crippen molar-refractivity contribution < 1.29 is 9.59 Å².